The van der Waals surface area contributed by atoms with Gasteiger partial charge >= 0.3 is 0 Å². The first-order valence-electron chi connectivity index (χ1n) is 6.19. The number of hydrogen-bond acceptors (Lipinski definition) is 4. The van der Waals surface area contributed by atoms with Gasteiger partial charge in [0.05, 0.1) is 36.6 Å². The fourth-order valence-electron chi connectivity index (χ4n) is 2.25. The zero-order valence-electron chi connectivity index (χ0n) is 12.0. The zero-order valence-corrected chi connectivity index (χ0v) is 13.6. The van der Waals surface area contributed by atoms with Gasteiger partial charge in [0.2, 0.25) is 0 Å². The molecule has 20 heavy (non-hydrogen) atoms. The average molecular weight is 340 g/mol. The summed E-state index contributed by atoms with van der Waals surface area (Å²) in [7, 11) is 7.14. The van der Waals surface area contributed by atoms with Crippen LogP contribution in [0.25, 0.3) is 0 Å². The average Bonchev–Trinajstić information content (AvgIpc) is 2.80. The van der Waals surface area contributed by atoms with E-state index in [0.29, 0.717) is 0 Å². The maximum Gasteiger partial charge on any atom is 0.124 e. The first-order valence-corrected chi connectivity index (χ1v) is 6.98. The summed E-state index contributed by atoms with van der Waals surface area (Å²) in [6.07, 6.45) is 1.78. The molecule has 1 N–H and O–H groups in total. The highest BCUT2D eigenvalue weighted by atomic mass is 79.9. The van der Waals surface area contributed by atoms with Crippen LogP contribution in [-0.4, -0.2) is 31.0 Å². The van der Waals surface area contributed by atoms with Crippen LogP contribution >= 0.6 is 15.9 Å². The van der Waals surface area contributed by atoms with Crippen LogP contribution in [0.5, 0.6) is 11.5 Å². The highest BCUT2D eigenvalue weighted by Gasteiger charge is 2.23. The Morgan fingerprint density at radius 3 is 2.55 bits per heavy atom. The van der Waals surface area contributed by atoms with Gasteiger partial charge in [-0.2, -0.15) is 5.10 Å². The predicted molar refractivity (Wildman–Crippen MR) is 81.4 cm³/mol. The minimum Gasteiger partial charge on any atom is -0.497 e. The molecule has 2 aromatic rings. The van der Waals surface area contributed by atoms with E-state index < -0.39 is 0 Å². The van der Waals surface area contributed by atoms with Crippen molar-refractivity contribution in [3.8, 4) is 11.5 Å². The minimum absolute atomic E-state index is 0.0538. The van der Waals surface area contributed by atoms with E-state index in [0.717, 1.165) is 27.2 Å². The number of nitrogens with one attached hydrogen (secondary N) is 1. The lowest BCUT2D eigenvalue weighted by Crippen LogP contribution is -2.21. The van der Waals surface area contributed by atoms with Crippen LogP contribution in [0.3, 0.4) is 0 Å². The third kappa shape index (κ3) is 2.66. The molecular formula is C14H18BrN3O2. The molecule has 1 atom stereocenters. The third-order valence-corrected chi connectivity index (χ3v) is 3.86. The van der Waals surface area contributed by atoms with E-state index in [-0.39, 0.29) is 6.04 Å². The smallest absolute Gasteiger partial charge is 0.124 e. The standard InChI is InChI=1S/C14H18BrN3O2/c1-16-13(14-11(15)8-17-18(14)2)10-7-9(19-3)5-6-12(10)20-4/h5-8,13,16H,1-4H3. The Hall–Kier alpha value is -1.53. The summed E-state index contributed by atoms with van der Waals surface area (Å²) < 4.78 is 13.6. The lowest BCUT2D eigenvalue weighted by atomic mass is 10.0. The molecule has 0 fully saturated rings. The number of aromatic nitrogens is 2. The van der Waals surface area contributed by atoms with Gasteiger partial charge in [0.15, 0.2) is 0 Å². The highest BCUT2D eigenvalue weighted by molar-refractivity contribution is 9.10. The van der Waals surface area contributed by atoms with Crippen LogP contribution in [0.4, 0.5) is 0 Å². The summed E-state index contributed by atoms with van der Waals surface area (Å²) in [6, 6.07) is 5.71. The van der Waals surface area contributed by atoms with E-state index in [1.807, 2.05) is 37.0 Å². The molecule has 0 aliphatic rings. The van der Waals surface area contributed by atoms with E-state index in [2.05, 4.69) is 26.3 Å². The topological polar surface area (TPSA) is 48.3 Å². The monoisotopic (exact) mass is 339 g/mol. The summed E-state index contributed by atoms with van der Waals surface area (Å²) in [5, 5.41) is 7.57. The van der Waals surface area contributed by atoms with Crippen LogP contribution in [-0.2, 0) is 7.05 Å². The Kier molecular flexibility index (Phi) is 4.67. The molecule has 5 nitrogen and oxygen atoms in total. The summed E-state index contributed by atoms with van der Waals surface area (Å²) in [4.78, 5) is 0. The summed E-state index contributed by atoms with van der Waals surface area (Å²) in [5.74, 6) is 1.59. The number of hydrogen-bond donors (Lipinski definition) is 1. The van der Waals surface area contributed by atoms with Gasteiger partial charge in [0.1, 0.15) is 11.5 Å². The third-order valence-electron chi connectivity index (χ3n) is 3.25. The van der Waals surface area contributed by atoms with Crippen molar-refractivity contribution in [3.63, 3.8) is 0 Å². The van der Waals surface area contributed by atoms with Gasteiger partial charge in [-0.3, -0.25) is 4.68 Å². The first kappa shape index (κ1) is 14.9. The van der Waals surface area contributed by atoms with Gasteiger partial charge in [-0.15, -0.1) is 0 Å². The second-order valence-electron chi connectivity index (χ2n) is 4.33. The molecule has 0 spiro atoms. The number of rotatable bonds is 5. The molecule has 0 aliphatic carbocycles. The summed E-state index contributed by atoms with van der Waals surface area (Å²) in [6.45, 7) is 0. The SMILES string of the molecule is CNC(c1cc(OC)ccc1OC)c1c(Br)cnn1C. The molecule has 6 heteroatoms. The first-order chi connectivity index (χ1) is 9.62. The van der Waals surface area contributed by atoms with Crippen molar-refractivity contribution in [3.05, 3.63) is 40.1 Å². The van der Waals surface area contributed by atoms with Crippen molar-refractivity contribution < 1.29 is 9.47 Å². The number of benzene rings is 1. The number of nitrogens with zero attached hydrogens (tertiary/aromatic N) is 2. The lowest BCUT2D eigenvalue weighted by Gasteiger charge is -2.21. The van der Waals surface area contributed by atoms with Gasteiger partial charge in [0.25, 0.3) is 0 Å². The molecule has 0 saturated heterocycles. The Balaban J connectivity index is 2.56. The summed E-state index contributed by atoms with van der Waals surface area (Å²) in [5.41, 5.74) is 2.03. The van der Waals surface area contributed by atoms with Crippen LogP contribution in [0.15, 0.2) is 28.9 Å². The molecule has 0 aliphatic heterocycles. The maximum atomic E-state index is 5.46. The molecule has 0 amide bonds. The molecule has 0 bridgehead atoms. The van der Waals surface area contributed by atoms with Gasteiger partial charge in [0, 0.05) is 12.6 Å². The van der Waals surface area contributed by atoms with Crippen molar-refractivity contribution in [1.82, 2.24) is 15.1 Å². The number of methoxy groups -OCH3 is 2. The van der Waals surface area contributed by atoms with Gasteiger partial charge < -0.3 is 14.8 Å². The lowest BCUT2D eigenvalue weighted by molar-refractivity contribution is 0.394. The Labute approximate surface area is 127 Å². The van der Waals surface area contributed by atoms with Crippen molar-refractivity contribution in [2.75, 3.05) is 21.3 Å². The quantitative estimate of drug-likeness (QED) is 0.909. The van der Waals surface area contributed by atoms with Gasteiger partial charge in [-0.05, 0) is 41.2 Å². The van der Waals surface area contributed by atoms with Crippen LogP contribution in [0.1, 0.15) is 17.3 Å². The second kappa shape index (κ2) is 6.28. The zero-order chi connectivity index (χ0) is 14.7. The Bertz CT molecular complexity index is 579. The van der Waals surface area contributed by atoms with Crippen LogP contribution < -0.4 is 14.8 Å². The maximum absolute atomic E-state index is 5.46. The van der Waals surface area contributed by atoms with Gasteiger partial charge in [-0.25, -0.2) is 0 Å². The van der Waals surface area contributed by atoms with Gasteiger partial charge in [-0.1, -0.05) is 0 Å². The Morgan fingerprint density at radius 2 is 2.05 bits per heavy atom. The van der Waals surface area contributed by atoms with E-state index in [1.165, 1.54) is 0 Å². The molecule has 1 heterocycles. The van der Waals surface area contributed by atoms with E-state index >= 15 is 0 Å². The molecule has 0 radical (unpaired) electrons. The number of ether oxygens (including phenoxy) is 2. The summed E-state index contributed by atoms with van der Waals surface area (Å²) >= 11 is 3.54. The molecule has 1 aromatic heterocycles. The van der Waals surface area contributed by atoms with Crippen LogP contribution in [0.2, 0.25) is 0 Å². The fraction of sp³-hybridized carbons (Fsp3) is 0.357. The molecule has 108 valence electrons. The minimum atomic E-state index is -0.0538. The van der Waals surface area contributed by atoms with Crippen LogP contribution in [0, 0.1) is 0 Å². The fourth-order valence-corrected chi connectivity index (χ4v) is 2.83. The number of halogens is 1. The van der Waals surface area contributed by atoms with Crippen molar-refractivity contribution in [2.24, 2.45) is 7.05 Å². The van der Waals surface area contributed by atoms with E-state index in [1.54, 1.807) is 20.4 Å². The number of aryl methyl sites for hydroxylation is 1. The Morgan fingerprint density at radius 1 is 1.30 bits per heavy atom. The largest absolute Gasteiger partial charge is 0.497 e. The second-order valence-corrected chi connectivity index (χ2v) is 5.19. The van der Waals surface area contributed by atoms with E-state index in [4.69, 9.17) is 9.47 Å². The molecule has 1 aromatic carbocycles. The molecular weight excluding hydrogens is 322 g/mol. The molecule has 2 rings (SSSR count). The molecule has 1 unspecified atom stereocenters. The molecule has 0 saturated carbocycles. The van der Waals surface area contributed by atoms with E-state index in [9.17, 15) is 0 Å². The predicted octanol–water partition coefficient (Wildman–Crippen LogP) is 2.51. The highest BCUT2D eigenvalue weighted by Crippen LogP contribution is 2.35. The van der Waals surface area contributed by atoms with Crippen molar-refractivity contribution in [2.45, 2.75) is 6.04 Å². The normalized spacial score (nSPS) is 12.2. The van der Waals surface area contributed by atoms with Crippen molar-refractivity contribution in [1.29, 1.82) is 0 Å². The van der Waals surface area contributed by atoms with Crippen molar-refractivity contribution >= 4 is 15.9 Å².